The number of amides is 2. The Kier molecular flexibility index (Phi) is 8.13. The van der Waals surface area contributed by atoms with Crippen molar-refractivity contribution in [1.29, 1.82) is 0 Å². The van der Waals surface area contributed by atoms with Crippen molar-refractivity contribution in [2.75, 3.05) is 57.2 Å². The highest BCUT2D eigenvalue weighted by Gasteiger charge is 2.24. The fraction of sp³-hybridized carbons (Fsp3) is 0.407. The second-order valence-electron chi connectivity index (χ2n) is 9.63. The fourth-order valence-corrected chi connectivity index (χ4v) is 5.08. The van der Waals surface area contributed by atoms with Crippen LogP contribution in [0.1, 0.15) is 35.3 Å². The van der Waals surface area contributed by atoms with Crippen molar-refractivity contribution < 1.29 is 23.8 Å². The number of hydrogen-bond donors (Lipinski definition) is 2. The Morgan fingerprint density at radius 3 is 2.42 bits per heavy atom. The van der Waals surface area contributed by atoms with Gasteiger partial charge in [0.05, 0.1) is 31.7 Å². The highest BCUT2D eigenvalue weighted by Crippen LogP contribution is 2.36. The summed E-state index contributed by atoms with van der Waals surface area (Å²) in [5, 5.41) is 7.54. The minimum Gasteiger partial charge on any atom is -0.492 e. The first kappa shape index (κ1) is 25.9. The van der Waals surface area contributed by atoms with Gasteiger partial charge in [-0.3, -0.25) is 4.90 Å². The van der Waals surface area contributed by atoms with Crippen LogP contribution in [-0.4, -0.2) is 63.5 Å². The third-order valence-corrected chi connectivity index (χ3v) is 7.53. The van der Waals surface area contributed by atoms with Crippen LogP contribution in [0, 0.1) is 0 Å². The summed E-state index contributed by atoms with van der Waals surface area (Å²) in [6.45, 7) is 10.9. The standard InChI is InChI=1S/C27H33N3O5S/c1-27(2,3)23-17-21(24(36-23)25(31)33-4)29-26(32)28-20-9-10-22(19-8-6-5-7-18(19)20)35-16-13-30-11-14-34-15-12-30/h5-10,17H,11-16H2,1-4H3,(H2,28,29,32). The lowest BCUT2D eigenvalue weighted by atomic mass is 9.94. The summed E-state index contributed by atoms with van der Waals surface area (Å²) < 4.78 is 16.4. The van der Waals surface area contributed by atoms with Gasteiger partial charge in [0.15, 0.2) is 0 Å². The largest absolute Gasteiger partial charge is 0.492 e. The predicted octanol–water partition coefficient (Wildman–Crippen LogP) is 5.34. The van der Waals surface area contributed by atoms with Gasteiger partial charge in [-0.15, -0.1) is 11.3 Å². The minimum atomic E-state index is -0.477. The summed E-state index contributed by atoms with van der Waals surface area (Å²) in [6.07, 6.45) is 0. The first-order valence-electron chi connectivity index (χ1n) is 12.0. The molecule has 3 aromatic rings. The number of methoxy groups -OCH3 is 1. The zero-order chi connectivity index (χ0) is 25.7. The SMILES string of the molecule is COC(=O)c1sc(C(C)(C)C)cc1NC(=O)Nc1ccc(OCCN2CCOCC2)c2ccccc12. The summed E-state index contributed by atoms with van der Waals surface area (Å²) >= 11 is 1.33. The Morgan fingerprint density at radius 2 is 1.72 bits per heavy atom. The molecule has 0 unspecified atom stereocenters. The smallest absolute Gasteiger partial charge is 0.350 e. The van der Waals surface area contributed by atoms with Gasteiger partial charge in [0.25, 0.3) is 0 Å². The highest BCUT2D eigenvalue weighted by atomic mass is 32.1. The molecule has 4 rings (SSSR count). The maximum atomic E-state index is 13.0. The molecular formula is C27H33N3O5S. The summed E-state index contributed by atoms with van der Waals surface area (Å²) in [6, 6.07) is 12.9. The van der Waals surface area contributed by atoms with Gasteiger partial charge in [-0.1, -0.05) is 45.0 Å². The first-order chi connectivity index (χ1) is 17.3. The molecule has 0 aliphatic carbocycles. The number of anilines is 2. The average Bonchev–Trinajstić information content (AvgIpc) is 3.29. The van der Waals surface area contributed by atoms with E-state index in [4.69, 9.17) is 14.2 Å². The normalized spacial score (nSPS) is 14.4. The lowest BCUT2D eigenvalue weighted by molar-refractivity contribution is 0.0323. The number of morpholine rings is 1. The third kappa shape index (κ3) is 6.16. The van der Waals surface area contributed by atoms with Crippen LogP contribution in [0.15, 0.2) is 42.5 Å². The zero-order valence-corrected chi connectivity index (χ0v) is 22.0. The number of nitrogens with one attached hydrogen (secondary N) is 2. The second-order valence-corrected chi connectivity index (χ2v) is 10.7. The van der Waals surface area contributed by atoms with E-state index in [-0.39, 0.29) is 5.41 Å². The molecule has 2 N–H and O–H groups in total. The lowest BCUT2D eigenvalue weighted by Gasteiger charge is -2.26. The molecule has 9 heteroatoms. The lowest BCUT2D eigenvalue weighted by Crippen LogP contribution is -2.38. The Labute approximate surface area is 215 Å². The number of benzene rings is 2. The summed E-state index contributed by atoms with van der Waals surface area (Å²) in [5.74, 6) is 0.292. The van der Waals surface area contributed by atoms with Crippen molar-refractivity contribution in [1.82, 2.24) is 4.90 Å². The third-order valence-electron chi connectivity index (χ3n) is 5.99. The molecule has 0 radical (unpaired) electrons. The molecule has 36 heavy (non-hydrogen) atoms. The Hall–Kier alpha value is -3.14. The molecule has 192 valence electrons. The highest BCUT2D eigenvalue weighted by molar-refractivity contribution is 7.14. The van der Waals surface area contributed by atoms with E-state index in [0.29, 0.717) is 22.9 Å². The van der Waals surface area contributed by atoms with Crippen molar-refractivity contribution in [2.24, 2.45) is 0 Å². The molecule has 1 saturated heterocycles. The predicted molar refractivity (Wildman–Crippen MR) is 144 cm³/mol. The van der Waals surface area contributed by atoms with Crippen LogP contribution >= 0.6 is 11.3 Å². The topological polar surface area (TPSA) is 89.1 Å². The molecule has 0 saturated carbocycles. The summed E-state index contributed by atoms with van der Waals surface area (Å²) in [4.78, 5) is 28.9. The number of rotatable bonds is 7. The van der Waals surface area contributed by atoms with E-state index in [1.54, 1.807) is 0 Å². The van der Waals surface area contributed by atoms with E-state index in [2.05, 4.69) is 36.3 Å². The van der Waals surface area contributed by atoms with E-state index in [0.717, 1.165) is 54.2 Å². The van der Waals surface area contributed by atoms with Crippen LogP contribution in [0.4, 0.5) is 16.2 Å². The van der Waals surface area contributed by atoms with Crippen molar-refractivity contribution in [3.63, 3.8) is 0 Å². The van der Waals surface area contributed by atoms with Crippen molar-refractivity contribution in [2.45, 2.75) is 26.2 Å². The molecule has 2 aromatic carbocycles. The molecule has 1 aliphatic heterocycles. The summed E-state index contributed by atoms with van der Waals surface area (Å²) in [7, 11) is 1.33. The second kappa shape index (κ2) is 11.3. The van der Waals surface area contributed by atoms with Crippen molar-refractivity contribution in [3.8, 4) is 5.75 Å². The number of carbonyl (C=O) groups is 2. The van der Waals surface area contributed by atoms with E-state index >= 15 is 0 Å². The molecule has 1 aliphatic rings. The van der Waals surface area contributed by atoms with Gasteiger partial charge in [-0.25, -0.2) is 9.59 Å². The average molecular weight is 512 g/mol. The van der Waals surface area contributed by atoms with E-state index in [9.17, 15) is 9.59 Å². The number of carbonyl (C=O) groups excluding carboxylic acids is 2. The van der Waals surface area contributed by atoms with Crippen LogP contribution in [0.5, 0.6) is 5.75 Å². The van der Waals surface area contributed by atoms with Gasteiger partial charge >= 0.3 is 12.0 Å². The fourth-order valence-electron chi connectivity index (χ4n) is 3.99. The van der Waals surface area contributed by atoms with Crippen LogP contribution in [-0.2, 0) is 14.9 Å². The van der Waals surface area contributed by atoms with Crippen molar-refractivity contribution >= 4 is 45.5 Å². The Balaban J connectivity index is 1.48. The maximum absolute atomic E-state index is 13.0. The van der Waals surface area contributed by atoms with E-state index < -0.39 is 12.0 Å². The minimum absolute atomic E-state index is 0.169. The first-order valence-corrected chi connectivity index (χ1v) is 12.8. The number of esters is 1. The monoisotopic (exact) mass is 511 g/mol. The zero-order valence-electron chi connectivity index (χ0n) is 21.2. The molecule has 1 aromatic heterocycles. The van der Waals surface area contributed by atoms with Gasteiger partial charge in [0.1, 0.15) is 17.2 Å². The van der Waals surface area contributed by atoms with Crippen LogP contribution < -0.4 is 15.4 Å². The number of nitrogens with zero attached hydrogens (tertiary/aromatic N) is 1. The van der Waals surface area contributed by atoms with E-state index in [1.807, 2.05) is 42.5 Å². The Bertz CT molecular complexity index is 1230. The maximum Gasteiger partial charge on any atom is 0.350 e. The number of urea groups is 1. The number of ether oxygens (including phenoxy) is 3. The molecule has 2 heterocycles. The van der Waals surface area contributed by atoms with Crippen LogP contribution in [0.2, 0.25) is 0 Å². The molecule has 0 bridgehead atoms. The molecule has 0 spiro atoms. The van der Waals surface area contributed by atoms with Gasteiger partial charge in [-0.2, -0.15) is 0 Å². The van der Waals surface area contributed by atoms with Gasteiger partial charge in [0.2, 0.25) is 0 Å². The van der Waals surface area contributed by atoms with Gasteiger partial charge in [0, 0.05) is 35.3 Å². The molecule has 0 atom stereocenters. The molecular weight excluding hydrogens is 478 g/mol. The quantitative estimate of drug-likeness (QED) is 0.416. The van der Waals surface area contributed by atoms with E-state index in [1.165, 1.54) is 18.4 Å². The number of thiophene rings is 1. The van der Waals surface area contributed by atoms with Gasteiger partial charge in [-0.05, 0) is 23.6 Å². The van der Waals surface area contributed by atoms with Crippen molar-refractivity contribution in [3.05, 3.63) is 52.2 Å². The summed E-state index contributed by atoms with van der Waals surface area (Å²) in [5.41, 5.74) is 0.911. The Morgan fingerprint density at radius 1 is 1.03 bits per heavy atom. The molecule has 8 nitrogen and oxygen atoms in total. The van der Waals surface area contributed by atoms with Crippen LogP contribution in [0.3, 0.4) is 0 Å². The van der Waals surface area contributed by atoms with Crippen LogP contribution in [0.25, 0.3) is 10.8 Å². The number of fused-ring (bicyclic) bond motifs is 1. The van der Waals surface area contributed by atoms with Gasteiger partial charge < -0.3 is 24.8 Å². The molecule has 2 amide bonds. The molecule has 1 fully saturated rings. The number of hydrogen-bond acceptors (Lipinski definition) is 7.